The van der Waals surface area contributed by atoms with Gasteiger partial charge in [-0.3, -0.25) is 9.69 Å². The summed E-state index contributed by atoms with van der Waals surface area (Å²) in [6.45, 7) is 18.9. The number of allylic oxidation sites excluding steroid dienone is 1. The van der Waals surface area contributed by atoms with Gasteiger partial charge >= 0.3 is 5.97 Å². The van der Waals surface area contributed by atoms with Crippen LogP contribution in [-0.4, -0.2) is 49.3 Å². The first kappa shape index (κ1) is 22.6. The fraction of sp³-hybridized carbons (Fsp3) is 0.714. The Bertz CT molecular complexity index is 751. The van der Waals surface area contributed by atoms with Crippen molar-refractivity contribution in [2.45, 2.75) is 83.2 Å². The van der Waals surface area contributed by atoms with Crippen LogP contribution in [0.3, 0.4) is 0 Å². The Kier molecular flexibility index (Phi) is 6.13. The normalized spacial score (nSPS) is 28.3. The van der Waals surface area contributed by atoms with Gasteiger partial charge in [-0.05, 0) is 44.8 Å². The summed E-state index contributed by atoms with van der Waals surface area (Å²) < 4.78 is 17.6. The van der Waals surface area contributed by atoms with Gasteiger partial charge < -0.3 is 13.9 Å². The molecule has 2 saturated heterocycles. The molecule has 4 unspecified atom stereocenters. The zero-order valence-electron chi connectivity index (χ0n) is 18.5. The van der Waals surface area contributed by atoms with Gasteiger partial charge in [-0.15, -0.1) is 0 Å². The molecule has 29 heavy (non-hydrogen) atoms. The van der Waals surface area contributed by atoms with E-state index in [9.17, 15) is 9.59 Å². The predicted octanol–water partition coefficient (Wildman–Crippen LogP) is 4.40. The lowest BCUT2D eigenvalue weighted by molar-refractivity contribution is -0.156. The third kappa shape index (κ3) is 4.09. The average molecular weight is 440 g/mol. The number of esters is 1. The molecular formula is C21H33NO5SSi. The molecule has 0 spiro atoms. The van der Waals surface area contributed by atoms with Gasteiger partial charge in [0.05, 0.1) is 23.9 Å². The van der Waals surface area contributed by atoms with E-state index in [-0.39, 0.29) is 34.4 Å². The predicted molar refractivity (Wildman–Crippen MR) is 116 cm³/mol. The Hall–Kier alpha value is -1.09. The Balaban J connectivity index is 1.82. The molecule has 0 saturated carbocycles. The molecule has 0 bridgehead atoms. The van der Waals surface area contributed by atoms with E-state index in [2.05, 4.69) is 40.4 Å². The smallest absolute Gasteiger partial charge is 0.361 e. The van der Waals surface area contributed by atoms with Gasteiger partial charge in [0.25, 0.3) is 0 Å². The molecule has 0 aromatic rings. The van der Waals surface area contributed by atoms with Crippen LogP contribution in [0.2, 0.25) is 18.1 Å². The van der Waals surface area contributed by atoms with Crippen LogP contribution in [0.15, 0.2) is 22.9 Å². The largest absolute Gasteiger partial charge is 0.427 e. The number of hydrogen-bond donors (Lipinski definition) is 0. The molecule has 3 rings (SSSR count). The van der Waals surface area contributed by atoms with Crippen molar-refractivity contribution in [2.75, 3.05) is 6.61 Å². The van der Waals surface area contributed by atoms with E-state index in [0.29, 0.717) is 18.1 Å². The van der Waals surface area contributed by atoms with E-state index in [1.54, 1.807) is 23.6 Å². The summed E-state index contributed by atoms with van der Waals surface area (Å²) >= 11 is 1.56. The fourth-order valence-electron chi connectivity index (χ4n) is 3.72. The Labute approximate surface area is 179 Å². The number of carbonyl (C=O) groups excluding carboxylic acids is 2. The van der Waals surface area contributed by atoms with Gasteiger partial charge in [-0.2, -0.15) is 0 Å². The van der Waals surface area contributed by atoms with E-state index >= 15 is 0 Å². The van der Waals surface area contributed by atoms with E-state index in [1.165, 1.54) is 0 Å². The first-order valence-corrected chi connectivity index (χ1v) is 14.0. The summed E-state index contributed by atoms with van der Waals surface area (Å²) in [6.07, 6.45) is 1.44. The summed E-state index contributed by atoms with van der Waals surface area (Å²) in [5.41, 5.74) is 0.329. The molecule has 0 aromatic heterocycles. The van der Waals surface area contributed by atoms with Gasteiger partial charge in [0.2, 0.25) is 5.91 Å². The molecule has 1 amide bonds. The van der Waals surface area contributed by atoms with E-state index < -0.39 is 14.3 Å². The van der Waals surface area contributed by atoms with Gasteiger partial charge in [-0.1, -0.05) is 39.1 Å². The summed E-state index contributed by atoms with van der Waals surface area (Å²) in [5.74, 6) is -0.569. The van der Waals surface area contributed by atoms with Crippen molar-refractivity contribution in [3.63, 3.8) is 0 Å². The molecule has 8 heteroatoms. The lowest BCUT2D eigenvalue weighted by atomic mass is 9.92. The van der Waals surface area contributed by atoms with E-state index in [0.717, 1.165) is 17.7 Å². The zero-order chi connectivity index (χ0) is 21.7. The van der Waals surface area contributed by atoms with Gasteiger partial charge in [0.15, 0.2) is 8.32 Å². The van der Waals surface area contributed by atoms with Crippen molar-refractivity contribution >= 4 is 32.0 Å². The summed E-state index contributed by atoms with van der Waals surface area (Å²) in [5, 5.41) is -0.0807. The van der Waals surface area contributed by atoms with Crippen LogP contribution in [0, 0.1) is 5.92 Å². The monoisotopic (exact) mass is 439 g/mol. The van der Waals surface area contributed by atoms with Crippen LogP contribution in [0.25, 0.3) is 0 Å². The quantitative estimate of drug-likeness (QED) is 0.265. The Morgan fingerprint density at radius 3 is 2.55 bits per heavy atom. The van der Waals surface area contributed by atoms with Crippen molar-refractivity contribution in [1.82, 2.24) is 4.90 Å². The lowest BCUT2D eigenvalue weighted by Crippen LogP contribution is -2.62. The second kappa shape index (κ2) is 7.87. The van der Waals surface area contributed by atoms with Crippen LogP contribution in [0.4, 0.5) is 0 Å². The average Bonchev–Trinajstić information content (AvgIpc) is 3.17. The minimum atomic E-state index is -2.01. The number of thioether (sulfide) groups is 1. The highest BCUT2D eigenvalue weighted by Crippen LogP contribution is 2.54. The number of fused-ring (bicyclic) bond motifs is 1. The molecule has 0 aliphatic carbocycles. The highest BCUT2D eigenvalue weighted by Gasteiger charge is 2.60. The molecule has 162 valence electrons. The van der Waals surface area contributed by atoms with Crippen LogP contribution in [0.1, 0.15) is 47.5 Å². The second-order valence-electron chi connectivity index (χ2n) is 9.63. The number of nitrogens with zero attached hydrogens (tertiary/aromatic N) is 1. The van der Waals surface area contributed by atoms with Crippen LogP contribution >= 0.6 is 11.8 Å². The number of carbonyl (C=O) groups is 2. The highest BCUT2D eigenvalue weighted by molar-refractivity contribution is 8.04. The molecule has 4 atom stereocenters. The van der Waals surface area contributed by atoms with Gasteiger partial charge in [0.1, 0.15) is 11.1 Å². The van der Waals surface area contributed by atoms with Gasteiger partial charge in [0, 0.05) is 11.5 Å². The van der Waals surface area contributed by atoms with E-state index in [4.69, 9.17) is 13.9 Å². The summed E-state index contributed by atoms with van der Waals surface area (Å²) in [7, 11) is -2.01. The zero-order valence-corrected chi connectivity index (χ0v) is 20.4. The maximum Gasteiger partial charge on any atom is 0.361 e. The maximum atomic E-state index is 13.1. The number of rotatable bonds is 6. The molecule has 3 heterocycles. The van der Waals surface area contributed by atoms with Crippen molar-refractivity contribution in [1.29, 1.82) is 0 Å². The Morgan fingerprint density at radius 2 is 2.03 bits per heavy atom. The molecule has 3 aliphatic heterocycles. The summed E-state index contributed by atoms with van der Waals surface area (Å²) in [4.78, 5) is 28.3. The van der Waals surface area contributed by atoms with Gasteiger partial charge in [-0.25, -0.2) is 4.79 Å². The number of β-lactam (4-membered cyclic amide) rings is 1. The number of ether oxygens (including phenoxy) is 2. The molecule has 6 nitrogen and oxygen atoms in total. The Morgan fingerprint density at radius 1 is 1.38 bits per heavy atom. The molecule has 0 N–H and O–H groups in total. The lowest BCUT2D eigenvalue weighted by Gasteiger charge is -2.48. The third-order valence-corrected chi connectivity index (χ3v) is 12.3. The van der Waals surface area contributed by atoms with Crippen molar-refractivity contribution in [2.24, 2.45) is 5.92 Å². The molecule has 3 aliphatic rings. The summed E-state index contributed by atoms with van der Waals surface area (Å²) in [6, 6.07) is 0. The minimum absolute atomic E-state index is 0.0636. The third-order valence-electron chi connectivity index (χ3n) is 6.28. The van der Waals surface area contributed by atoms with E-state index in [1.807, 2.05) is 6.92 Å². The van der Waals surface area contributed by atoms with Crippen LogP contribution < -0.4 is 0 Å². The molecule has 0 aromatic carbocycles. The first-order valence-electron chi connectivity index (χ1n) is 10.3. The van der Waals surface area contributed by atoms with Crippen molar-refractivity contribution in [3.8, 4) is 0 Å². The second-order valence-corrected chi connectivity index (χ2v) is 15.5. The maximum absolute atomic E-state index is 13.1. The minimum Gasteiger partial charge on any atom is -0.427 e. The van der Waals surface area contributed by atoms with Crippen LogP contribution in [-0.2, 0) is 23.5 Å². The number of hydrogen-bond acceptors (Lipinski definition) is 6. The molecule has 2 fully saturated rings. The van der Waals surface area contributed by atoms with Crippen molar-refractivity contribution in [3.05, 3.63) is 22.9 Å². The van der Waals surface area contributed by atoms with Crippen molar-refractivity contribution < 1.29 is 23.5 Å². The van der Waals surface area contributed by atoms with Crippen LogP contribution in [0.5, 0.6) is 0 Å². The first-order chi connectivity index (χ1) is 13.3. The SMILES string of the molecule is C=C(C)OC(=O)C1=C(C2CCCO2)SC2C(C(C)O[Si](C)(C)C(C)(C)C)C(=O)N12. The standard InChI is InChI=1S/C21H33NO5SSi/c1-12(2)26-20(24)16-17(14-10-9-11-25-14)28-19-15(18(23)22(16)19)13(3)27-29(7,8)21(4,5)6/h13-15,19H,1,9-11H2,2-8H3. The number of amides is 1. The topological polar surface area (TPSA) is 65.1 Å². The fourth-order valence-corrected chi connectivity index (χ4v) is 6.84. The highest BCUT2D eigenvalue weighted by atomic mass is 32.2. The molecule has 0 radical (unpaired) electrons. The molecular weight excluding hydrogens is 406 g/mol.